The summed E-state index contributed by atoms with van der Waals surface area (Å²) >= 11 is 0. The number of aromatic nitrogens is 4. The van der Waals surface area contributed by atoms with Crippen LogP contribution in [-0.2, 0) is 25.4 Å². The molecule has 1 aromatic carbocycles. The van der Waals surface area contributed by atoms with Crippen LogP contribution < -0.4 is 15.3 Å². The lowest BCUT2D eigenvalue weighted by Crippen LogP contribution is -2.35. The molecule has 3 aromatic rings. The highest BCUT2D eigenvalue weighted by atomic mass is 31.2. The second-order valence-electron chi connectivity index (χ2n) is 6.36. The van der Waals surface area contributed by atoms with E-state index in [1.807, 2.05) is 6.07 Å². The molecular weight excluding hydrogens is 411 g/mol. The van der Waals surface area contributed by atoms with Crippen molar-refractivity contribution in [3.8, 4) is 5.75 Å². The molecule has 3 N–H and O–H groups in total. The van der Waals surface area contributed by atoms with E-state index in [4.69, 9.17) is 15.0 Å². The van der Waals surface area contributed by atoms with Gasteiger partial charge in [-0.05, 0) is 19.1 Å². The SMILES string of the molecule is COC(=O)[C@@H](C)NP(=O)(COCCn1cnc2c(N)ncnc21)Oc1ccccc1. The summed E-state index contributed by atoms with van der Waals surface area (Å²) in [6.45, 7) is 2.13. The molecule has 0 amide bonds. The Labute approximate surface area is 173 Å². The van der Waals surface area contributed by atoms with Gasteiger partial charge in [0.1, 0.15) is 30.0 Å². The summed E-state index contributed by atoms with van der Waals surface area (Å²) in [5.41, 5.74) is 6.86. The van der Waals surface area contributed by atoms with Crippen LogP contribution in [0.1, 0.15) is 6.92 Å². The van der Waals surface area contributed by atoms with E-state index in [1.54, 1.807) is 35.2 Å². The smallest absolute Gasteiger partial charge is 0.342 e. The topological polar surface area (TPSA) is 143 Å². The molecule has 3 rings (SSSR count). The van der Waals surface area contributed by atoms with E-state index >= 15 is 0 Å². The number of nitrogens with zero attached hydrogens (tertiary/aromatic N) is 4. The Hall–Kier alpha value is -3.01. The molecule has 0 aliphatic rings. The Bertz CT molecular complexity index is 1040. The molecule has 0 radical (unpaired) electrons. The van der Waals surface area contributed by atoms with Crippen molar-refractivity contribution in [2.24, 2.45) is 0 Å². The third-order valence-electron chi connectivity index (χ3n) is 4.11. The van der Waals surface area contributed by atoms with Gasteiger partial charge in [-0.3, -0.25) is 9.36 Å². The molecule has 0 spiro atoms. The van der Waals surface area contributed by atoms with Gasteiger partial charge in [-0.25, -0.2) is 20.0 Å². The molecule has 0 saturated carbocycles. The van der Waals surface area contributed by atoms with Gasteiger partial charge in [0.15, 0.2) is 11.5 Å². The van der Waals surface area contributed by atoms with E-state index in [0.717, 1.165) is 0 Å². The van der Waals surface area contributed by atoms with E-state index in [9.17, 15) is 9.36 Å². The molecular formula is C18H23N6O5P. The maximum atomic E-state index is 13.3. The van der Waals surface area contributed by atoms with Crippen LogP contribution in [0.2, 0.25) is 0 Å². The number of hydrogen-bond donors (Lipinski definition) is 2. The number of nitrogens with one attached hydrogen (secondary N) is 1. The minimum Gasteiger partial charge on any atom is -0.468 e. The second-order valence-corrected chi connectivity index (χ2v) is 8.40. The molecule has 12 heteroatoms. The number of para-hydroxylation sites is 1. The summed E-state index contributed by atoms with van der Waals surface area (Å²) in [5, 5.41) is 2.70. The molecule has 0 bridgehead atoms. The fourth-order valence-corrected chi connectivity index (χ4v) is 4.38. The number of carbonyl (C=O) groups excluding carboxylic acids is 1. The molecule has 0 aliphatic carbocycles. The molecule has 160 valence electrons. The number of esters is 1. The summed E-state index contributed by atoms with van der Waals surface area (Å²) in [7, 11) is -2.31. The third-order valence-corrected chi connectivity index (χ3v) is 5.92. The van der Waals surface area contributed by atoms with Crippen LogP contribution in [0, 0.1) is 0 Å². The van der Waals surface area contributed by atoms with Gasteiger partial charge < -0.3 is 24.3 Å². The summed E-state index contributed by atoms with van der Waals surface area (Å²) in [6.07, 6.45) is 2.68. The fraction of sp³-hybridized carbons (Fsp3) is 0.333. The van der Waals surface area contributed by atoms with Crippen molar-refractivity contribution in [2.45, 2.75) is 19.5 Å². The van der Waals surface area contributed by atoms with E-state index in [1.165, 1.54) is 20.4 Å². The van der Waals surface area contributed by atoms with Gasteiger partial charge >= 0.3 is 13.5 Å². The number of fused-ring (bicyclic) bond motifs is 1. The molecule has 2 aromatic heterocycles. The molecule has 0 aliphatic heterocycles. The Morgan fingerprint density at radius 2 is 2.03 bits per heavy atom. The van der Waals surface area contributed by atoms with Crippen LogP contribution in [0.25, 0.3) is 11.2 Å². The third kappa shape index (κ3) is 5.32. The molecule has 11 nitrogen and oxygen atoms in total. The van der Waals surface area contributed by atoms with Crippen molar-refractivity contribution in [1.82, 2.24) is 24.6 Å². The average Bonchev–Trinajstić information content (AvgIpc) is 3.15. The van der Waals surface area contributed by atoms with E-state index in [-0.39, 0.29) is 13.0 Å². The van der Waals surface area contributed by atoms with Gasteiger partial charge in [-0.2, -0.15) is 0 Å². The second kappa shape index (κ2) is 9.66. The van der Waals surface area contributed by atoms with Gasteiger partial charge in [-0.1, -0.05) is 18.2 Å². The van der Waals surface area contributed by atoms with Crippen LogP contribution in [0.5, 0.6) is 5.75 Å². The lowest BCUT2D eigenvalue weighted by Gasteiger charge is -2.23. The van der Waals surface area contributed by atoms with E-state index in [0.29, 0.717) is 29.3 Å². The molecule has 2 atom stereocenters. The van der Waals surface area contributed by atoms with E-state index < -0.39 is 19.5 Å². The summed E-state index contributed by atoms with van der Waals surface area (Å²) in [5.74, 6) is 0.122. The number of benzene rings is 1. The van der Waals surface area contributed by atoms with Crippen molar-refractivity contribution in [1.29, 1.82) is 0 Å². The highest BCUT2D eigenvalue weighted by molar-refractivity contribution is 7.57. The first kappa shape index (κ1) is 21.7. The predicted molar refractivity (Wildman–Crippen MR) is 110 cm³/mol. The number of methoxy groups -OCH3 is 1. The van der Waals surface area contributed by atoms with Gasteiger partial charge in [0, 0.05) is 6.54 Å². The maximum Gasteiger partial charge on any atom is 0.342 e. The molecule has 0 fully saturated rings. The molecule has 1 unspecified atom stereocenters. The van der Waals surface area contributed by atoms with Crippen LogP contribution in [0.3, 0.4) is 0 Å². The number of anilines is 1. The number of ether oxygens (including phenoxy) is 2. The van der Waals surface area contributed by atoms with E-state index in [2.05, 4.69) is 24.8 Å². The first-order valence-electron chi connectivity index (χ1n) is 9.10. The average molecular weight is 434 g/mol. The lowest BCUT2D eigenvalue weighted by molar-refractivity contribution is -0.142. The van der Waals surface area contributed by atoms with Gasteiger partial charge in [0.25, 0.3) is 0 Å². The fourth-order valence-electron chi connectivity index (χ4n) is 2.68. The standard InChI is InChI=1S/C18H23N6O5P/c1-13(18(25)27-2)23-30(26,29-14-6-4-3-5-7-14)12-28-9-8-24-11-22-15-16(19)20-10-21-17(15)24/h3-7,10-11,13H,8-9,12H2,1-2H3,(H,23,26)(H2,19,20,21)/t13-,30?/m1/s1. The zero-order valence-electron chi connectivity index (χ0n) is 16.6. The predicted octanol–water partition coefficient (Wildman–Crippen LogP) is 1.81. The largest absolute Gasteiger partial charge is 0.468 e. The highest BCUT2D eigenvalue weighted by Crippen LogP contribution is 2.43. The Kier molecular flexibility index (Phi) is 6.99. The minimum absolute atomic E-state index is 0.200. The molecule has 2 heterocycles. The zero-order chi connectivity index (χ0) is 21.6. The number of nitrogens with two attached hydrogens (primary N) is 1. The van der Waals surface area contributed by atoms with Gasteiger partial charge in [0.2, 0.25) is 0 Å². The quantitative estimate of drug-likeness (QED) is 0.275. The van der Waals surface area contributed by atoms with Gasteiger partial charge in [-0.15, -0.1) is 0 Å². The van der Waals surface area contributed by atoms with Crippen molar-refractivity contribution < 1.29 is 23.4 Å². The molecule has 30 heavy (non-hydrogen) atoms. The Morgan fingerprint density at radius 3 is 2.77 bits per heavy atom. The number of imidazole rings is 1. The minimum atomic E-state index is -3.57. The first-order chi connectivity index (χ1) is 14.4. The van der Waals surface area contributed by atoms with Crippen LogP contribution in [0.4, 0.5) is 5.82 Å². The van der Waals surface area contributed by atoms with Gasteiger partial charge in [0.05, 0.1) is 20.0 Å². The number of hydrogen-bond acceptors (Lipinski definition) is 9. The lowest BCUT2D eigenvalue weighted by atomic mass is 10.3. The monoisotopic (exact) mass is 434 g/mol. The van der Waals surface area contributed by atoms with Crippen molar-refractivity contribution in [3.63, 3.8) is 0 Å². The van der Waals surface area contributed by atoms with Crippen LogP contribution >= 0.6 is 7.52 Å². The van der Waals surface area contributed by atoms with Crippen LogP contribution in [-0.4, -0.2) is 51.6 Å². The van der Waals surface area contributed by atoms with Crippen molar-refractivity contribution >= 4 is 30.5 Å². The van der Waals surface area contributed by atoms with Crippen LogP contribution in [0.15, 0.2) is 43.0 Å². The Balaban J connectivity index is 1.64. The highest BCUT2D eigenvalue weighted by Gasteiger charge is 2.30. The number of carbonyl (C=O) groups is 1. The summed E-state index contributed by atoms with van der Waals surface area (Å²) in [4.78, 5) is 24.0. The maximum absolute atomic E-state index is 13.3. The first-order valence-corrected chi connectivity index (χ1v) is 10.9. The number of nitrogen functional groups attached to an aromatic ring is 1. The van der Waals surface area contributed by atoms with Crippen molar-refractivity contribution in [3.05, 3.63) is 43.0 Å². The van der Waals surface area contributed by atoms with Crippen molar-refractivity contribution in [2.75, 3.05) is 25.8 Å². The molecule has 0 saturated heterocycles. The summed E-state index contributed by atoms with van der Waals surface area (Å²) in [6, 6.07) is 7.80. The normalized spacial score (nSPS) is 14.2. The Morgan fingerprint density at radius 1 is 1.27 bits per heavy atom. The zero-order valence-corrected chi connectivity index (χ0v) is 17.5. The summed E-state index contributed by atoms with van der Waals surface area (Å²) < 4.78 is 31.0. The number of rotatable bonds is 10.